The summed E-state index contributed by atoms with van der Waals surface area (Å²) in [4.78, 5) is 10.7. The SMILES string of the molecule is CCCCCCN1CN(CCCCCC)CN(CCN2CCNCC2)C1. The van der Waals surface area contributed by atoms with Gasteiger partial charge in [-0.3, -0.25) is 19.6 Å². The van der Waals surface area contributed by atoms with Crippen LogP contribution >= 0.6 is 0 Å². The van der Waals surface area contributed by atoms with Gasteiger partial charge in [-0.1, -0.05) is 52.4 Å². The minimum absolute atomic E-state index is 1.16. The Morgan fingerprint density at radius 2 is 1.00 bits per heavy atom. The molecule has 2 aliphatic heterocycles. The highest BCUT2D eigenvalue weighted by atomic mass is 15.5. The first-order chi connectivity index (χ1) is 12.8. The number of rotatable bonds is 13. The lowest BCUT2D eigenvalue weighted by molar-refractivity contribution is -0.0339. The van der Waals surface area contributed by atoms with Gasteiger partial charge in [-0.05, 0) is 12.8 Å². The molecule has 0 unspecified atom stereocenters. The molecule has 0 aromatic heterocycles. The molecule has 5 nitrogen and oxygen atoms in total. The first-order valence-corrected chi connectivity index (χ1v) is 11.4. The number of piperazine rings is 1. The molecule has 0 atom stereocenters. The zero-order valence-corrected chi connectivity index (χ0v) is 17.7. The van der Waals surface area contributed by atoms with E-state index in [1.807, 2.05) is 0 Å². The maximum atomic E-state index is 3.46. The Hall–Kier alpha value is -0.200. The second-order valence-electron chi connectivity index (χ2n) is 8.32. The minimum atomic E-state index is 1.16. The molecule has 0 saturated carbocycles. The van der Waals surface area contributed by atoms with Gasteiger partial charge in [0.15, 0.2) is 0 Å². The highest BCUT2D eigenvalue weighted by Gasteiger charge is 2.23. The van der Waals surface area contributed by atoms with Crippen molar-refractivity contribution in [1.29, 1.82) is 0 Å². The van der Waals surface area contributed by atoms with Crippen LogP contribution < -0.4 is 5.32 Å². The molecule has 0 aromatic rings. The third kappa shape index (κ3) is 9.14. The van der Waals surface area contributed by atoms with Crippen molar-refractivity contribution in [3.05, 3.63) is 0 Å². The predicted molar refractivity (Wildman–Crippen MR) is 112 cm³/mol. The first-order valence-electron chi connectivity index (χ1n) is 11.4. The van der Waals surface area contributed by atoms with E-state index in [9.17, 15) is 0 Å². The Morgan fingerprint density at radius 1 is 0.538 bits per heavy atom. The van der Waals surface area contributed by atoms with Gasteiger partial charge in [0.25, 0.3) is 0 Å². The van der Waals surface area contributed by atoms with Crippen LogP contribution in [0, 0.1) is 0 Å². The molecule has 1 N–H and O–H groups in total. The van der Waals surface area contributed by atoms with Crippen LogP contribution in [0.15, 0.2) is 0 Å². The fourth-order valence-corrected chi connectivity index (χ4v) is 4.15. The maximum absolute atomic E-state index is 3.46. The monoisotopic (exact) mass is 367 g/mol. The third-order valence-electron chi connectivity index (χ3n) is 5.80. The van der Waals surface area contributed by atoms with E-state index in [4.69, 9.17) is 0 Å². The molecule has 0 aromatic carbocycles. The Morgan fingerprint density at radius 3 is 1.50 bits per heavy atom. The van der Waals surface area contributed by atoms with Crippen LogP contribution in [0.5, 0.6) is 0 Å². The predicted octanol–water partition coefficient (Wildman–Crippen LogP) is 2.84. The van der Waals surface area contributed by atoms with Crippen molar-refractivity contribution >= 4 is 0 Å². The Kier molecular flexibility index (Phi) is 11.8. The molecule has 2 saturated heterocycles. The van der Waals surface area contributed by atoms with Gasteiger partial charge in [-0.25, -0.2) is 0 Å². The number of nitrogens with one attached hydrogen (secondary N) is 1. The van der Waals surface area contributed by atoms with E-state index in [2.05, 4.69) is 38.8 Å². The van der Waals surface area contributed by atoms with Gasteiger partial charge < -0.3 is 5.32 Å². The van der Waals surface area contributed by atoms with Crippen LogP contribution in [0.25, 0.3) is 0 Å². The lowest BCUT2D eigenvalue weighted by Crippen LogP contribution is -2.56. The van der Waals surface area contributed by atoms with Crippen LogP contribution in [0.4, 0.5) is 0 Å². The normalized spacial score (nSPS) is 21.5. The second kappa shape index (κ2) is 13.9. The molecule has 2 rings (SSSR count). The van der Waals surface area contributed by atoms with Gasteiger partial charge >= 0.3 is 0 Å². The summed E-state index contributed by atoms with van der Waals surface area (Å²) in [5.41, 5.74) is 0. The van der Waals surface area contributed by atoms with Gasteiger partial charge in [0.1, 0.15) is 0 Å². The van der Waals surface area contributed by atoms with Crippen molar-refractivity contribution in [2.45, 2.75) is 65.2 Å². The summed E-state index contributed by atoms with van der Waals surface area (Å²) in [6, 6.07) is 0. The number of unbranched alkanes of at least 4 members (excludes halogenated alkanes) is 6. The molecule has 0 spiro atoms. The summed E-state index contributed by atoms with van der Waals surface area (Å²) in [5.74, 6) is 0. The number of hydrogen-bond donors (Lipinski definition) is 1. The highest BCUT2D eigenvalue weighted by Crippen LogP contribution is 2.12. The highest BCUT2D eigenvalue weighted by molar-refractivity contribution is 4.73. The quantitative estimate of drug-likeness (QED) is 0.505. The molecule has 0 amide bonds. The van der Waals surface area contributed by atoms with E-state index in [1.54, 1.807) is 0 Å². The average molecular weight is 368 g/mol. The topological polar surface area (TPSA) is 25.0 Å². The van der Waals surface area contributed by atoms with Crippen molar-refractivity contribution in [3.63, 3.8) is 0 Å². The zero-order chi connectivity index (χ0) is 18.5. The molecule has 5 heteroatoms. The fraction of sp³-hybridized carbons (Fsp3) is 1.00. The van der Waals surface area contributed by atoms with Gasteiger partial charge in [0.2, 0.25) is 0 Å². The van der Waals surface area contributed by atoms with E-state index in [0.29, 0.717) is 0 Å². The van der Waals surface area contributed by atoms with E-state index >= 15 is 0 Å². The molecule has 0 aliphatic carbocycles. The summed E-state index contributed by atoms with van der Waals surface area (Å²) in [6.07, 6.45) is 11.0. The van der Waals surface area contributed by atoms with Crippen LogP contribution in [0.3, 0.4) is 0 Å². The van der Waals surface area contributed by atoms with E-state index in [0.717, 1.165) is 13.1 Å². The van der Waals surface area contributed by atoms with Gasteiger partial charge in [-0.2, -0.15) is 0 Å². The lowest BCUT2D eigenvalue weighted by atomic mass is 10.2. The molecule has 2 heterocycles. The van der Waals surface area contributed by atoms with Gasteiger partial charge in [0, 0.05) is 52.4 Å². The molecule has 0 radical (unpaired) electrons. The molecule has 0 bridgehead atoms. The number of nitrogens with zero attached hydrogens (tertiary/aromatic N) is 4. The number of hydrogen-bond acceptors (Lipinski definition) is 5. The van der Waals surface area contributed by atoms with Crippen molar-refractivity contribution < 1.29 is 0 Å². The van der Waals surface area contributed by atoms with Crippen molar-refractivity contribution in [2.75, 3.05) is 72.4 Å². The van der Waals surface area contributed by atoms with Crippen molar-refractivity contribution in [2.24, 2.45) is 0 Å². The summed E-state index contributed by atoms with van der Waals surface area (Å²) >= 11 is 0. The Bertz CT molecular complexity index is 312. The smallest absolute Gasteiger partial charge is 0.0530 e. The van der Waals surface area contributed by atoms with Crippen LogP contribution in [0.1, 0.15) is 65.2 Å². The Labute approximate surface area is 163 Å². The Balaban J connectivity index is 1.73. The molecule has 2 aliphatic rings. The third-order valence-corrected chi connectivity index (χ3v) is 5.80. The van der Waals surface area contributed by atoms with E-state index < -0.39 is 0 Å². The van der Waals surface area contributed by atoms with Gasteiger partial charge in [0.05, 0.1) is 20.0 Å². The van der Waals surface area contributed by atoms with E-state index in [1.165, 1.54) is 111 Å². The molecule has 2 fully saturated rings. The van der Waals surface area contributed by atoms with Crippen LogP contribution in [0.2, 0.25) is 0 Å². The summed E-state index contributed by atoms with van der Waals surface area (Å²) in [7, 11) is 0. The molecule has 154 valence electrons. The molecular weight excluding hydrogens is 322 g/mol. The van der Waals surface area contributed by atoms with Crippen LogP contribution in [-0.2, 0) is 0 Å². The largest absolute Gasteiger partial charge is 0.314 e. The molecular formula is C21H45N5. The fourth-order valence-electron chi connectivity index (χ4n) is 4.15. The zero-order valence-electron chi connectivity index (χ0n) is 17.7. The summed E-state index contributed by atoms with van der Waals surface area (Å²) in [6.45, 7) is 17.9. The lowest BCUT2D eigenvalue weighted by Gasteiger charge is -2.43. The summed E-state index contributed by atoms with van der Waals surface area (Å²) in [5, 5.41) is 3.46. The van der Waals surface area contributed by atoms with E-state index in [-0.39, 0.29) is 0 Å². The van der Waals surface area contributed by atoms with Crippen LogP contribution in [-0.4, -0.2) is 92.0 Å². The molecule has 26 heavy (non-hydrogen) atoms. The standard InChI is InChI=1S/C21H45N5/c1-3-5-7-9-13-24-19-25(14-10-8-6-4-2)21-26(20-24)18-17-23-15-11-22-12-16-23/h22H,3-21H2,1-2H3. The summed E-state index contributed by atoms with van der Waals surface area (Å²) < 4.78 is 0. The maximum Gasteiger partial charge on any atom is 0.0530 e. The van der Waals surface area contributed by atoms with Crippen molar-refractivity contribution in [3.8, 4) is 0 Å². The second-order valence-corrected chi connectivity index (χ2v) is 8.32. The van der Waals surface area contributed by atoms with Gasteiger partial charge in [-0.15, -0.1) is 0 Å². The minimum Gasteiger partial charge on any atom is -0.314 e. The first kappa shape index (κ1) is 22.1. The average Bonchev–Trinajstić information content (AvgIpc) is 2.68. The van der Waals surface area contributed by atoms with Crippen molar-refractivity contribution in [1.82, 2.24) is 24.9 Å².